The molecule has 1 fully saturated rings. The van der Waals surface area contributed by atoms with Gasteiger partial charge in [0.1, 0.15) is 0 Å². The molecule has 25 heavy (non-hydrogen) atoms. The molecule has 5 heteroatoms. The number of nitrogens with one attached hydrogen (secondary N) is 1. The standard InChI is InChI=1S/C20H23BrN2O2/c1-15(24)22-19-8-2-16(3-9-19)14-23-12-10-20(25,11-13-23)17-4-6-18(21)7-5-17/h2-9,25H,10-14H2,1H3,(H,22,24). The van der Waals surface area contributed by atoms with Crippen LogP contribution in [0.3, 0.4) is 0 Å². The van der Waals surface area contributed by atoms with E-state index in [1.807, 2.05) is 48.5 Å². The van der Waals surface area contributed by atoms with E-state index in [-0.39, 0.29) is 5.91 Å². The first kappa shape index (κ1) is 18.1. The lowest BCUT2D eigenvalue weighted by Gasteiger charge is -2.38. The second-order valence-corrected chi connectivity index (χ2v) is 7.61. The average Bonchev–Trinajstić information content (AvgIpc) is 2.59. The fourth-order valence-electron chi connectivity index (χ4n) is 3.28. The first-order valence-electron chi connectivity index (χ1n) is 8.52. The van der Waals surface area contributed by atoms with E-state index in [1.54, 1.807) is 0 Å². The van der Waals surface area contributed by atoms with Gasteiger partial charge in [0.15, 0.2) is 0 Å². The van der Waals surface area contributed by atoms with Crippen LogP contribution in [0.5, 0.6) is 0 Å². The molecule has 1 heterocycles. The van der Waals surface area contributed by atoms with Crippen LogP contribution in [0.4, 0.5) is 5.69 Å². The molecule has 0 saturated carbocycles. The molecule has 0 bridgehead atoms. The van der Waals surface area contributed by atoms with E-state index in [2.05, 4.69) is 26.1 Å². The minimum atomic E-state index is -0.730. The minimum Gasteiger partial charge on any atom is -0.385 e. The van der Waals surface area contributed by atoms with Crippen LogP contribution in [-0.4, -0.2) is 29.0 Å². The van der Waals surface area contributed by atoms with Crippen LogP contribution in [0.1, 0.15) is 30.9 Å². The zero-order valence-electron chi connectivity index (χ0n) is 14.3. The molecule has 0 spiro atoms. The molecule has 132 valence electrons. The molecular formula is C20H23BrN2O2. The lowest BCUT2D eigenvalue weighted by molar-refractivity contribution is -0.114. The van der Waals surface area contributed by atoms with Crippen molar-refractivity contribution in [1.82, 2.24) is 4.90 Å². The van der Waals surface area contributed by atoms with Crippen molar-refractivity contribution in [2.24, 2.45) is 0 Å². The van der Waals surface area contributed by atoms with Gasteiger partial charge in [0.05, 0.1) is 5.60 Å². The third-order valence-corrected chi connectivity index (χ3v) is 5.27. The molecule has 0 aliphatic carbocycles. The molecule has 0 aromatic heterocycles. The number of nitrogens with zero attached hydrogens (tertiary/aromatic N) is 1. The fraction of sp³-hybridized carbons (Fsp3) is 0.350. The SMILES string of the molecule is CC(=O)Nc1ccc(CN2CCC(O)(c3ccc(Br)cc3)CC2)cc1. The summed E-state index contributed by atoms with van der Waals surface area (Å²) >= 11 is 3.44. The van der Waals surface area contributed by atoms with Crippen molar-refractivity contribution in [3.8, 4) is 0 Å². The molecule has 1 aliphatic heterocycles. The summed E-state index contributed by atoms with van der Waals surface area (Å²) in [5.74, 6) is -0.0593. The molecule has 1 saturated heterocycles. The average molecular weight is 403 g/mol. The predicted molar refractivity (Wildman–Crippen MR) is 103 cm³/mol. The Morgan fingerprint density at radius 2 is 1.72 bits per heavy atom. The number of carbonyl (C=O) groups is 1. The van der Waals surface area contributed by atoms with Gasteiger partial charge in [0.25, 0.3) is 0 Å². The molecule has 1 amide bonds. The fourth-order valence-corrected chi connectivity index (χ4v) is 3.55. The second-order valence-electron chi connectivity index (χ2n) is 6.69. The van der Waals surface area contributed by atoms with Gasteiger partial charge in [-0.05, 0) is 48.2 Å². The summed E-state index contributed by atoms with van der Waals surface area (Å²) < 4.78 is 1.03. The smallest absolute Gasteiger partial charge is 0.221 e. The highest BCUT2D eigenvalue weighted by molar-refractivity contribution is 9.10. The van der Waals surface area contributed by atoms with Gasteiger partial charge in [-0.2, -0.15) is 0 Å². The Morgan fingerprint density at radius 3 is 2.28 bits per heavy atom. The van der Waals surface area contributed by atoms with E-state index in [1.165, 1.54) is 12.5 Å². The molecule has 0 atom stereocenters. The van der Waals surface area contributed by atoms with Gasteiger partial charge in [-0.3, -0.25) is 9.69 Å². The van der Waals surface area contributed by atoms with Crippen LogP contribution >= 0.6 is 15.9 Å². The molecule has 0 unspecified atom stereocenters. The maximum absolute atomic E-state index is 11.1. The summed E-state index contributed by atoms with van der Waals surface area (Å²) in [6.07, 6.45) is 1.47. The van der Waals surface area contributed by atoms with Gasteiger partial charge in [-0.1, -0.05) is 40.2 Å². The third-order valence-electron chi connectivity index (χ3n) is 4.75. The Morgan fingerprint density at radius 1 is 1.12 bits per heavy atom. The van der Waals surface area contributed by atoms with Crippen LogP contribution in [0.2, 0.25) is 0 Å². The number of benzene rings is 2. The van der Waals surface area contributed by atoms with Gasteiger partial charge in [-0.25, -0.2) is 0 Å². The van der Waals surface area contributed by atoms with Gasteiger partial charge < -0.3 is 10.4 Å². The Kier molecular flexibility index (Phi) is 5.57. The molecule has 2 aromatic carbocycles. The van der Waals surface area contributed by atoms with Crippen molar-refractivity contribution in [2.75, 3.05) is 18.4 Å². The zero-order valence-corrected chi connectivity index (χ0v) is 15.9. The Balaban J connectivity index is 1.57. The number of halogens is 1. The van der Waals surface area contributed by atoms with Gasteiger partial charge in [0.2, 0.25) is 5.91 Å². The minimum absolute atomic E-state index is 0.0593. The molecule has 2 N–H and O–H groups in total. The number of rotatable bonds is 4. The van der Waals surface area contributed by atoms with E-state index in [4.69, 9.17) is 0 Å². The molecule has 1 aliphatic rings. The number of likely N-dealkylation sites (tertiary alicyclic amines) is 1. The van der Waals surface area contributed by atoms with E-state index in [9.17, 15) is 9.90 Å². The summed E-state index contributed by atoms with van der Waals surface area (Å²) in [5, 5.41) is 13.7. The zero-order chi connectivity index (χ0) is 17.9. The second kappa shape index (κ2) is 7.68. The topological polar surface area (TPSA) is 52.6 Å². The largest absolute Gasteiger partial charge is 0.385 e. The van der Waals surface area contributed by atoms with E-state index >= 15 is 0 Å². The third kappa shape index (κ3) is 4.69. The number of aliphatic hydroxyl groups is 1. The summed E-state index contributed by atoms with van der Waals surface area (Å²) in [6, 6.07) is 15.9. The van der Waals surface area contributed by atoms with E-state index < -0.39 is 5.60 Å². The number of carbonyl (C=O) groups excluding carboxylic acids is 1. The normalized spacial score (nSPS) is 17.2. The lowest BCUT2D eigenvalue weighted by Crippen LogP contribution is -2.42. The molecular weight excluding hydrogens is 380 g/mol. The van der Waals surface area contributed by atoms with Gasteiger partial charge >= 0.3 is 0 Å². The molecule has 3 rings (SSSR count). The molecule has 0 radical (unpaired) electrons. The first-order valence-corrected chi connectivity index (χ1v) is 9.31. The predicted octanol–water partition coefficient (Wildman–Crippen LogP) is 3.89. The Hall–Kier alpha value is -1.69. The first-order chi connectivity index (χ1) is 11.9. The van der Waals surface area contributed by atoms with Gasteiger partial charge in [0, 0.05) is 36.7 Å². The van der Waals surface area contributed by atoms with Crippen LogP contribution in [0, 0.1) is 0 Å². The van der Waals surface area contributed by atoms with Crippen LogP contribution in [-0.2, 0) is 16.9 Å². The highest BCUT2D eigenvalue weighted by atomic mass is 79.9. The summed E-state index contributed by atoms with van der Waals surface area (Å²) in [7, 11) is 0. The number of hydrogen-bond acceptors (Lipinski definition) is 3. The highest BCUT2D eigenvalue weighted by Crippen LogP contribution is 2.33. The molecule has 4 nitrogen and oxygen atoms in total. The highest BCUT2D eigenvalue weighted by Gasteiger charge is 2.33. The Bertz CT molecular complexity index is 720. The van der Waals surface area contributed by atoms with Crippen LogP contribution in [0.15, 0.2) is 53.0 Å². The van der Waals surface area contributed by atoms with Crippen molar-refractivity contribution in [3.05, 3.63) is 64.1 Å². The van der Waals surface area contributed by atoms with Crippen molar-refractivity contribution in [1.29, 1.82) is 0 Å². The van der Waals surface area contributed by atoms with Crippen LogP contribution in [0.25, 0.3) is 0 Å². The van der Waals surface area contributed by atoms with Crippen LogP contribution < -0.4 is 5.32 Å². The quantitative estimate of drug-likeness (QED) is 0.815. The monoisotopic (exact) mass is 402 g/mol. The van der Waals surface area contributed by atoms with E-state index in [0.29, 0.717) is 0 Å². The van der Waals surface area contributed by atoms with Gasteiger partial charge in [-0.15, -0.1) is 0 Å². The maximum Gasteiger partial charge on any atom is 0.221 e. The lowest BCUT2D eigenvalue weighted by atomic mass is 9.84. The van der Waals surface area contributed by atoms with Crippen molar-refractivity contribution in [2.45, 2.75) is 31.9 Å². The number of anilines is 1. The Labute approximate surface area is 157 Å². The number of amides is 1. The summed E-state index contributed by atoms with van der Waals surface area (Å²) in [6.45, 7) is 4.09. The maximum atomic E-state index is 11.1. The van der Waals surface area contributed by atoms with Crippen molar-refractivity contribution < 1.29 is 9.90 Å². The summed E-state index contributed by atoms with van der Waals surface area (Å²) in [4.78, 5) is 13.4. The van der Waals surface area contributed by atoms with Crippen molar-refractivity contribution in [3.63, 3.8) is 0 Å². The molecule has 2 aromatic rings. The van der Waals surface area contributed by atoms with Crippen molar-refractivity contribution >= 4 is 27.5 Å². The number of piperidine rings is 1. The number of hydrogen-bond donors (Lipinski definition) is 2. The van der Waals surface area contributed by atoms with E-state index in [0.717, 1.165) is 48.2 Å². The summed E-state index contributed by atoms with van der Waals surface area (Å²) in [5.41, 5.74) is 2.30.